The highest BCUT2D eigenvalue weighted by Gasteiger charge is 2.24. The van der Waals surface area contributed by atoms with E-state index in [1.54, 1.807) is 10.8 Å². The van der Waals surface area contributed by atoms with Crippen LogP contribution in [-0.2, 0) is 0 Å². The Kier molecular flexibility index (Phi) is 2.10. The third-order valence-electron chi connectivity index (χ3n) is 3.91. The molecule has 1 aliphatic heterocycles. The second kappa shape index (κ2) is 3.64. The summed E-state index contributed by atoms with van der Waals surface area (Å²) in [5.41, 5.74) is 1.70. The van der Waals surface area contributed by atoms with Crippen LogP contribution >= 0.6 is 11.8 Å². The number of thioether (sulfide) groups is 1. The van der Waals surface area contributed by atoms with Crippen LogP contribution in [0.2, 0.25) is 0 Å². The van der Waals surface area contributed by atoms with Gasteiger partial charge in [-0.15, -0.1) is 0 Å². The standard InChI is InChI=1S/C16H14S/c1-2-4-13-11(3-1)5-6-12-7-8-15-14(16(12)13)9-10-17-15/h1-7,15H,8-10H2. The molecule has 0 radical (unpaired) electrons. The number of benzene rings is 2. The Hall–Kier alpha value is -1.21. The molecule has 2 aliphatic rings. The van der Waals surface area contributed by atoms with E-state index in [0.29, 0.717) is 0 Å². The average molecular weight is 238 g/mol. The zero-order valence-corrected chi connectivity index (χ0v) is 10.5. The zero-order chi connectivity index (χ0) is 11.2. The van der Waals surface area contributed by atoms with Crippen molar-refractivity contribution in [2.75, 3.05) is 5.75 Å². The predicted molar refractivity (Wildman–Crippen MR) is 76.6 cm³/mol. The maximum Gasteiger partial charge on any atom is 0.0301 e. The van der Waals surface area contributed by atoms with Gasteiger partial charge in [-0.05, 0) is 45.4 Å². The van der Waals surface area contributed by atoms with Crippen molar-refractivity contribution in [1.29, 1.82) is 0 Å². The molecule has 0 bridgehead atoms. The Morgan fingerprint density at radius 2 is 2.00 bits per heavy atom. The van der Waals surface area contributed by atoms with Gasteiger partial charge in [0.1, 0.15) is 0 Å². The van der Waals surface area contributed by atoms with E-state index in [-0.39, 0.29) is 0 Å². The first-order valence-electron chi connectivity index (χ1n) is 6.26. The third-order valence-corrected chi connectivity index (χ3v) is 5.23. The fourth-order valence-electron chi connectivity index (χ4n) is 3.12. The molecular formula is C16H14S. The molecule has 1 heterocycles. The fourth-order valence-corrected chi connectivity index (χ4v) is 4.41. The molecule has 0 nitrogen and oxygen atoms in total. The van der Waals surface area contributed by atoms with Gasteiger partial charge in [0, 0.05) is 5.25 Å². The third kappa shape index (κ3) is 1.39. The normalized spacial score (nSPS) is 22.1. The Balaban J connectivity index is 2.26. The van der Waals surface area contributed by atoms with Gasteiger partial charge in [0.25, 0.3) is 0 Å². The van der Waals surface area contributed by atoms with Gasteiger partial charge in [-0.1, -0.05) is 42.5 Å². The first-order valence-corrected chi connectivity index (χ1v) is 7.31. The summed E-state index contributed by atoms with van der Waals surface area (Å²) in [6.07, 6.45) is 4.93. The molecule has 1 heteroatoms. The van der Waals surface area contributed by atoms with Crippen LogP contribution in [0.5, 0.6) is 0 Å². The van der Waals surface area contributed by atoms with Crippen molar-refractivity contribution in [3.63, 3.8) is 0 Å². The molecule has 0 amide bonds. The Labute approximate surface area is 105 Å². The maximum atomic E-state index is 2.42. The topological polar surface area (TPSA) is 0 Å². The minimum absolute atomic E-state index is 0.758. The molecule has 0 saturated carbocycles. The predicted octanol–water partition coefficient (Wildman–Crippen LogP) is 2.68. The minimum Gasteiger partial charge on any atom is -0.153 e. The molecule has 1 unspecified atom stereocenters. The summed E-state index contributed by atoms with van der Waals surface area (Å²) in [7, 11) is 0. The molecular weight excluding hydrogens is 224 g/mol. The molecule has 0 aromatic heterocycles. The SMILES string of the molecule is C1=c2ccc3ccccc3c2=C2CCSC2C1. The van der Waals surface area contributed by atoms with E-state index in [1.165, 1.54) is 34.6 Å². The highest BCUT2D eigenvalue weighted by molar-refractivity contribution is 8.00. The smallest absolute Gasteiger partial charge is 0.0301 e. The van der Waals surface area contributed by atoms with E-state index in [9.17, 15) is 0 Å². The van der Waals surface area contributed by atoms with Crippen LogP contribution < -0.4 is 10.4 Å². The lowest BCUT2D eigenvalue weighted by Crippen LogP contribution is -2.33. The van der Waals surface area contributed by atoms with E-state index in [0.717, 1.165) is 5.25 Å². The summed E-state index contributed by atoms with van der Waals surface area (Å²) in [6.45, 7) is 0. The van der Waals surface area contributed by atoms with Crippen molar-refractivity contribution < 1.29 is 0 Å². The van der Waals surface area contributed by atoms with Gasteiger partial charge in [-0.2, -0.15) is 11.8 Å². The molecule has 84 valence electrons. The molecule has 1 atom stereocenters. The number of rotatable bonds is 0. The van der Waals surface area contributed by atoms with Crippen molar-refractivity contribution in [2.45, 2.75) is 18.1 Å². The van der Waals surface area contributed by atoms with Gasteiger partial charge in [0.15, 0.2) is 0 Å². The summed E-state index contributed by atoms with van der Waals surface area (Å²) in [5, 5.41) is 6.59. The summed E-state index contributed by atoms with van der Waals surface area (Å²) >= 11 is 2.13. The molecule has 4 rings (SSSR count). The van der Waals surface area contributed by atoms with Crippen LogP contribution in [0.1, 0.15) is 12.8 Å². The lowest BCUT2D eigenvalue weighted by Gasteiger charge is -2.15. The van der Waals surface area contributed by atoms with Crippen LogP contribution in [0.25, 0.3) is 22.4 Å². The first kappa shape index (κ1) is 9.78. The Bertz CT molecular complexity index is 712. The molecule has 17 heavy (non-hydrogen) atoms. The zero-order valence-electron chi connectivity index (χ0n) is 9.65. The lowest BCUT2D eigenvalue weighted by atomic mass is 9.94. The number of fused-ring (bicyclic) bond motifs is 4. The van der Waals surface area contributed by atoms with Crippen LogP contribution in [-0.4, -0.2) is 11.0 Å². The highest BCUT2D eigenvalue weighted by atomic mass is 32.2. The summed E-state index contributed by atoms with van der Waals surface area (Å²) < 4.78 is 0. The van der Waals surface area contributed by atoms with Crippen molar-refractivity contribution in [1.82, 2.24) is 0 Å². The van der Waals surface area contributed by atoms with Crippen molar-refractivity contribution in [2.24, 2.45) is 0 Å². The summed E-state index contributed by atoms with van der Waals surface area (Å²) in [4.78, 5) is 0. The molecule has 0 N–H and O–H groups in total. The number of hydrogen-bond donors (Lipinski definition) is 0. The molecule has 0 spiro atoms. The quantitative estimate of drug-likeness (QED) is 0.680. The second-order valence-corrected chi connectivity index (χ2v) is 6.14. The van der Waals surface area contributed by atoms with Gasteiger partial charge < -0.3 is 0 Å². The van der Waals surface area contributed by atoms with Gasteiger partial charge >= 0.3 is 0 Å². The van der Waals surface area contributed by atoms with Crippen LogP contribution in [0.4, 0.5) is 0 Å². The molecule has 2 aromatic rings. The monoisotopic (exact) mass is 238 g/mol. The van der Waals surface area contributed by atoms with E-state index in [4.69, 9.17) is 0 Å². The Morgan fingerprint density at radius 3 is 3.00 bits per heavy atom. The van der Waals surface area contributed by atoms with E-state index >= 15 is 0 Å². The van der Waals surface area contributed by atoms with E-state index < -0.39 is 0 Å². The highest BCUT2D eigenvalue weighted by Crippen LogP contribution is 2.35. The van der Waals surface area contributed by atoms with Gasteiger partial charge in [-0.3, -0.25) is 0 Å². The summed E-state index contributed by atoms with van der Waals surface area (Å²) in [5.74, 6) is 1.30. The van der Waals surface area contributed by atoms with Crippen LogP contribution in [0, 0.1) is 0 Å². The van der Waals surface area contributed by atoms with Gasteiger partial charge in [-0.25, -0.2) is 0 Å². The molecule has 1 fully saturated rings. The van der Waals surface area contributed by atoms with Crippen molar-refractivity contribution >= 4 is 34.2 Å². The molecule has 1 saturated heterocycles. The van der Waals surface area contributed by atoms with Crippen molar-refractivity contribution in [3.8, 4) is 0 Å². The Morgan fingerprint density at radius 1 is 1.06 bits per heavy atom. The average Bonchev–Trinajstić information content (AvgIpc) is 2.86. The van der Waals surface area contributed by atoms with Gasteiger partial charge in [0.2, 0.25) is 0 Å². The van der Waals surface area contributed by atoms with Gasteiger partial charge in [0.05, 0.1) is 0 Å². The van der Waals surface area contributed by atoms with Crippen LogP contribution in [0.3, 0.4) is 0 Å². The second-order valence-electron chi connectivity index (χ2n) is 4.83. The minimum atomic E-state index is 0.758. The van der Waals surface area contributed by atoms with E-state index in [2.05, 4.69) is 54.2 Å². The van der Waals surface area contributed by atoms with Crippen molar-refractivity contribution in [3.05, 3.63) is 46.8 Å². The van der Waals surface area contributed by atoms with E-state index in [1.807, 2.05) is 0 Å². The molecule has 2 aromatic carbocycles. The lowest BCUT2D eigenvalue weighted by molar-refractivity contribution is 1.08. The summed E-state index contributed by atoms with van der Waals surface area (Å²) in [6, 6.07) is 13.3. The maximum absolute atomic E-state index is 2.42. The van der Waals surface area contributed by atoms with Crippen LogP contribution in [0.15, 0.2) is 36.4 Å². The number of hydrogen-bond acceptors (Lipinski definition) is 1. The largest absolute Gasteiger partial charge is 0.153 e. The first-order chi connectivity index (χ1) is 8.43. The molecule has 1 aliphatic carbocycles. The fraction of sp³-hybridized carbons (Fsp3) is 0.250.